The predicted molar refractivity (Wildman–Crippen MR) is 123 cm³/mol. The maximum Gasteiger partial charge on any atom is 0.251 e. The minimum atomic E-state index is -0.330. The maximum absolute atomic E-state index is 12.5. The number of hydrogen-bond donors (Lipinski definition) is 2. The third-order valence-corrected chi connectivity index (χ3v) is 5.90. The van der Waals surface area contributed by atoms with Gasteiger partial charge in [0.2, 0.25) is 5.91 Å². The number of nitrogens with zero attached hydrogens (tertiary/aromatic N) is 3. The van der Waals surface area contributed by atoms with Gasteiger partial charge in [0.1, 0.15) is 0 Å². The Balaban J connectivity index is 1.59. The summed E-state index contributed by atoms with van der Waals surface area (Å²) in [7, 11) is 1.83. The summed E-state index contributed by atoms with van der Waals surface area (Å²) in [4.78, 5) is 24.9. The Hall–Kier alpha value is -3.13. The van der Waals surface area contributed by atoms with Gasteiger partial charge in [-0.25, -0.2) is 0 Å². The summed E-state index contributed by atoms with van der Waals surface area (Å²) in [5.74, 6) is 0.562. The van der Waals surface area contributed by atoms with Crippen molar-refractivity contribution in [3.8, 4) is 0 Å². The second kappa shape index (κ2) is 9.78. The van der Waals surface area contributed by atoms with Crippen LogP contribution in [0.5, 0.6) is 0 Å². The summed E-state index contributed by atoms with van der Waals surface area (Å²) >= 11 is 1.30. The van der Waals surface area contributed by atoms with Gasteiger partial charge in [0, 0.05) is 18.3 Å². The van der Waals surface area contributed by atoms with E-state index in [2.05, 4.69) is 20.8 Å². The molecule has 0 fully saturated rings. The van der Waals surface area contributed by atoms with Crippen LogP contribution in [0.1, 0.15) is 45.8 Å². The van der Waals surface area contributed by atoms with E-state index in [4.69, 9.17) is 0 Å². The molecule has 0 aliphatic heterocycles. The van der Waals surface area contributed by atoms with Gasteiger partial charge in [0.15, 0.2) is 11.0 Å². The standard InChI is InChI=1S/C23H27N5O2S/c1-14-7-6-8-18(11-14)22(30)24-17(4)21-26-27-23(28(21)5)31-13-20(29)25-19-12-15(2)9-10-16(19)3/h6-12,17H,13H2,1-5H3,(H,24,30)(H,25,29)/t17-/m1/s1. The van der Waals surface area contributed by atoms with Crippen LogP contribution in [0.25, 0.3) is 0 Å². The molecule has 1 atom stereocenters. The summed E-state index contributed by atoms with van der Waals surface area (Å²) in [5, 5.41) is 14.9. The summed E-state index contributed by atoms with van der Waals surface area (Å²) < 4.78 is 1.80. The number of anilines is 1. The number of nitrogens with one attached hydrogen (secondary N) is 2. The van der Waals surface area contributed by atoms with E-state index in [1.54, 1.807) is 10.6 Å². The van der Waals surface area contributed by atoms with Crippen LogP contribution in [-0.2, 0) is 11.8 Å². The van der Waals surface area contributed by atoms with E-state index >= 15 is 0 Å². The molecule has 3 aromatic rings. The van der Waals surface area contributed by atoms with Crippen molar-refractivity contribution in [2.24, 2.45) is 7.05 Å². The Morgan fingerprint density at radius 1 is 1.06 bits per heavy atom. The first-order valence-electron chi connectivity index (χ1n) is 10.0. The van der Waals surface area contributed by atoms with Crippen molar-refractivity contribution in [2.75, 3.05) is 11.1 Å². The highest BCUT2D eigenvalue weighted by Crippen LogP contribution is 2.21. The molecule has 0 aliphatic rings. The molecule has 0 spiro atoms. The minimum absolute atomic E-state index is 0.107. The first-order valence-corrected chi connectivity index (χ1v) is 11.0. The van der Waals surface area contributed by atoms with Crippen LogP contribution < -0.4 is 10.6 Å². The van der Waals surface area contributed by atoms with Gasteiger partial charge in [-0.05, 0) is 57.0 Å². The Labute approximate surface area is 186 Å². The Bertz CT molecular complexity index is 1110. The number of aromatic nitrogens is 3. The molecule has 162 valence electrons. The second-order valence-corrected chi connectivity index (χ2v) is 8.56. The van der Waals surface area contributed by atoms with Crippen molar-refractivity contribution >= 4 is 29.3 Å². The highest BCUT2D eigenvalue weighted by atomic mass is 32.2. The van der Waals surface area contributed by atoms with Crippen molar-refractivity contribution in [1.29, 1.82) is 0 Å². The number of amides is 2. The van der Waals surface area contributed by atoms with Gasteiger partial charge in [-0.1, -0.05) is 41.6 Å². The molecular formula is C23H27N5O2S. The molecule has 1 heterocycles. The van der Waals surface area contributed by atoms with Crippen molar-refractivity contribution in [3.63, 3.8) is 0 Å². The maximum atomic E-state index is 12.5. The Morgan fingerprint density at radius 3 is 2.55 bits per heavy atom. The molecule has 2 amide bonds. The number of carbonyl (C=O) groups excluding carboxylic acids is 2. The fourth-order valence-electron chi connectivity index (χ4n) is 3.15. The summed E-state index contributed by atoms with van der Waals surface area (Å²) in [5.41, 5.74) is 4.55. The molecule has 7 nitrogen and oxygen atoms in total. The topological polar surface area (TPSA) is 88.9 Å². The van der Waals surface area contributed by atoms with Crippen LogP contribution >= 0.6 is 11.8 Å². The molecule has 0 aliphatic carbocycles. The van der Waals surface area contributed by atoms with Crippen LogP contribution in [0, 0.1) is 20.8 Å². The van der Waals surface area contributed by atoms with Gasteiger partial charge >= 0.3 is 0 Å². The number of thioether (sulfide) groups is 1. The molecule has 0 bridgehead atoms. The largest absolute Gasteiger partial charge is 0.342 e. The summed E-state index contributed by atoms with van der Waals surface area (Å²) in [6.07, 6.45) is 0. The van der Waals surface area contributed by atoms with Crippen LogP contribution in [0.3, 0.4) is 0 Å². The van der Waals surface area contributed by atoms with Crippen LogP contribution in [-0.4, -0.2) is 32.3 Å². The number of carbonyl (C=O) groups is 2. The van der Waals surface area contributed by atoms with E-state index in [-0.39, 0.29) is 23.6 Å². The molecule has 8 heteroatoms. The predicted octanol–water partition coefficient (Wildman–Crippen LogP) is 3.96. The van der Waals surface area contributed by atoms with Crippen molar-refractivity contribution in [3.05, 3.63) is 70.5 Å². The second-order valence-electron chi connectivity index (χ2n) is 7.62. The SMILES string of the molecule is Cc1cccc(C(=O)N[C@H](C)c2nnc(SCC(=O)Nc3cc(C)ccc3C)n2C)c1. The van der Waals surface area contributed by atoms with E-state index in [0.717, 1.165) is 22.4 Å². The number of aryl methyl sites for hydroxylation is 3. The van der Waals surface area contributed by atoms with Gasteiger partial charge in [0.05, 0.1) is 11.8 Å². The lowest BCUT2D eigenvalue weighted by Gasteiger charge is -2.14. The van der Waals surface area contributed by atoms with E-state index in [1.807, 2.05) is 71.1 Å². The number of rotatable bonds is 7. The highest BCUT2D eigenvalue weighted by Gasteiger charge is 2.19. The monoisotopic (exact) mass is 437 g/mol. The van der Waals surface area contributed by atoms with Gasteiger partial charge in [-0.2, -0.15) is 0 Å². The van der Waals surface area contributed by atoms with E-state index < -0.39 is 0 Å². The number of hydrogen-bond acceptors (Lipinski definition) is 5. The molecule has 0 unspecified atom stereocenters. The lowest BCUT2D eigenvalue weighted by atomic mass is 10.1. The molecule has 0 radical (unpaired) electrons. The zero-order chi connectivity index (χ0) is 22.5. The molecule has 3 rings (SSSR count). The molecule has 2 N–H and O–H groups in total. The molecule has 2 aromatic carbocycles. The van der Waals surface area contributed by atoms with E-state index in [0.29, 0.717) is 16.5 Å². The third-order valence-electron chi connectivity index (χ3n) is 4.88. The van der Waals surface area contributed by atoms with Crippen molar-refractivity contribution in [2.45, 2.75) is 38.9 Å². The lowest BCUT2D eigenvalue weighted by molar-refractivity contribution is -0.113. The molecular weight excluding hydrogens is 410 g/mol. The van der Waals surface area contributed by atoms with Crippen LogP contribution in [0.15, 0.2) is 47.6 Å². The lowest BCUT2D eigenvalue weighted by Crippen LogP contribution is -2.28. The normalized spacial score (nSPS) is 11.8. The van der Waals surface area contributed by atoms with E-state index in [1.165, 1.54) is 11.8 Å². The Kier molecular flexibility index (Phi) is 7.12. The van der Waals surface area contributed by atoms with Crippen LogP contribution in [0.2, 0.25) is 0 Å². The zero-order valence-electron chi connectivity index (χ0n) is 18.4. The third kappa shape index (κ3) is 5.73. The average molecular weight is 438 g/mol. The first-order chi connectivity index (χ1) is 14.7. The van der Waals surface area contributed by atoms with Crippen molar-refractivity contribution in [1.82, 2.24) is 20.1 Å². The molecule has 0 saturated carbocycles. The van der Waals surface area contributed by atoms with Gasteiger partial charge in [0.25, 0.3) is 5.91 Å². The van der Waals surface area contributed by atoms with Gasteiger partial charge in [-0.3, -0.25) is 9.59 Å². The smallest absolute Gasteiger partial charge is 0.251 e. The quantitative estimate of drug-likeness (QED) is 0.546. The molecule has 31 heavy (non-hydrogen) atoms. The zero-order valence-corrected chi connectivity index (χ0v) is 19.2. The Morgan fingerprint density at radius 2 is 1.81 bits per heavy atom. The molecule has 0 saturated heterocycles. The van der Waals surface area contributed by atoms with E-state index in [9.17, 15) is 9.59 Å². The fraction of sp³-hybridized carbons (Fsp3) is 0.304. The van der Waals surface area contributed by atoms with Crippen molar-refractivity contribution < 1.29 is 9.59 Å². The van der Waals surface area contributed by atoms with Gasteiger partial charge < -0.3 is 15.2 Å². The summed E-state index contributed by atoms with van der Waals surface area (Å²) in [6.45, 7) is 7.76. The summed E-state index contributed by atoms with van der Waals surface area (Å²) in [6, 6.07) is 13.0. The number of benzene rings is 2. The van der Waals surface area contributed by atoms with Gasteiger partial charge in [-0.15, -0.1) is 10.2 Å². The first kappa shape index (κ1) is 22.6. The fourth-order valence-corrected chi connectivity index (χ4v) is 3.86. The minimum Gasteiger partial charge on any atom is -0.342 e. The average Bonchev–Trinajstić information content (AvgIpc) is 3.09. The van der Waals surface area contributed by atoms with Crippen LogP contribution in [0.4, 0.5) is 5.69 Å². The highest BCUT2D eigenvalue weighted by molar-refractivity contribution is 7.99. The molecule has 1 aromatic heterocycles.